The average molecular weight is 300 g/mol. The lowest BCUT2D eigenvalue weighted by atomic mass is 9.91. The zero-order chi connectivity index (χ0) is 16.3. The third kappa shape index (κ3) is 1.57. The molecule has 0 saturated carbocycles. The Bertz CT molecular complexity index is 916. The highest BCUT2D eigenvalue weighted by Crippen LogP contribution is 2.20. The number of rotatable bonds is 0. The summed E-state index contributed by atoms with van der Waals surface area (Å²) in [6, 6.07) is 0. The van der Waals surface area contributed by atoms with Crippen LogP contribution >= 0.6 is 0 Å². The van der Waals surface area contributed by atoms with Gasteiger partial charge in [-0.25, -0.2) is 9.97 Å². The second-order valence-electron chi connectivity index (χ2n) is 5.15. The van der Waals surface area contributed by atoms with Crippen LogP contribution in [0.2, 0.25) is 0 Å². The summed E-state index contributed by atoms with van der Waals surface area (Å²) in [4.78, 5) is 57.7. The maximum Gasteiger partial charge on any atom is 0.265 e. The standard InChI is InChI=1S/C14H12N4O4/c1-5-15-9-7(13(21)17(5)3)12(20)10-8(11(9)19)14(22)18(4)6(2)16-10/h1-4H3. The van der Waals surface area contributed by atoms with Crippen LogP contribution in [-0.2, 0) is 14.1 Å². The third-order valence-electron chi connectivity index (χ3n) is 3.91. The van der Waals surface area contributed by atoms with Crippen molar-refractivity contribution in [3.63, 3.8) is 0 Å². The molecule has 112 valence electrons. The Balaban J connectivity index is 2.49. The Kier molecular flexibility index (Phi) is 2.74. The van der Waals surface area contributed by atoms with Crippen LogP contribution in [0.15, 0.2) is 9.59 Å². The molecule has 2 aromatic rings. The molecule has 2 heterocycles. The van der Waals surface area contributed by atoms with Crippen molar-refractivity contribution in [2.24, 2.45) is 14.1 Å². The normalized spacial score (nSPS) is 13.1. The van der Waals surface area contributed by atoms with Crippen LogP contribution < -0.4 is 11.1 Å². The minimum absolute atomic E-state index is 0.277. The van der Waals surface area contributed by atoms with Gasteiger partial charge >= 0.3 is 0 Å². The minimum Gasteiger partial charge on any atom is -0.299 e. The number of nitrogens with zero attached hydrogens (tertiary/aromatic N) is 4. The van der Waals surface area contributed by atoms with Crippen LogP contribution in [0.1, 0.15) is 43.8 Å². The quantitative estimate of drug-likeness (QED) is 0.542. The van der Waals surface area contributed by atoms with Gasteiger partial charge in [-0.2, -0.15) is 0 Å². The van der Waals surface area contributed by atoms with Gasteiger partial charge in [-0.05, 0) is 13.8 Å². The number of carbonyl (C=O) groups excluding carboxylic acids is 2. The second kappa shape index (κ2) is 4.30. The molecule has 3 rings (SSSR count). The lowest BCUT2D eigenvalue weighted by molar-refractivity contribution is 0.0966. The van der Waals surface area contributed by atoms with Crippen LogP contribution in [0.4, 0.5) is 0 Å². The van der Waals surface area contributed by atoms with Crippen molar-refractivity contribution in [2.75, 3.05) is 0 Å². The Morgan fingerprint density at radius 3 is 1.32 bits per heavy atom. The topological polar surface area (TPSA) is 104 Å². The van der Waals surface area contributed by atoms with Gasteiger partial charge in [0.05, 0.1) is 0 Å². The molecule has 0 spiro atoms. The van der Waals surface area contributed by atoms with Crippen molar-refractivity contribution in [3.05, 3.63) is 54.9 Å². The Labute approximate surface area is 124 Å². The van der Waals surface area contributed by atoms with Crippen molar-refractivity contribution in [1.29, 1.82) is 0 Å². The van der Waals surface area contributed by atoms with Crippen molar-refractivity contribution >= 4 is 11.6 Å². The molecular formula is C14H12N4O4. The molecular weight excluding hydrogens is 288 g/mol. The van der Waals surface area contributed by atoms with Crippen molar-refractivity contribution in [1.82, 2.24) is 19.1 Å². The fraction of sp³-hybridized carbons (Fsp3) is 0.286. The zero-order valence-corrected chi connectivity index (χ0v) is 12.4. The highest BCUT2D eigenvalue weighted by atomic mass is 16.2. The summed E-state index contributed by atoms with van der Waals surface area (Å²) in [6.45, 7) is 3.08. The fourth-order valence-electron chi connectivity index (χ4n) is 2.39. The number of hydrogen-bond acceptors (Lipinski definition) is 6. The molecule has 1 aliphatic carbocycles. The molecule has 0 aliphatic heterocycles. The molecule has 1 aliphatic rings. The maximum absolute atomic E-state index is 12.5. The molecule has 0 aromatic carbocycles. The fourth-order valence-corrected chi connectivity index (χ4v) is 2.39. The smallest absolute Gasteiger partial charge is 0.265 e. The van der Waals surface area contributed by atoms with Crippen molar-refractivity contribution in [3.8, 4) is 0 Å². The highest BCUT2D eigenvalue weighted by Gasteiger charge is 2.38. The van der Waals surface area contributed by atoms with Crippen LogP contribution in [0.5, 0.6) is 0 Å². The van der Waals surface area contributed by atoms with Crippen LogP contribution in [0.25, 0.3) is 0 Å². The molecule has 0 saturated heterocycles. The van der Waals surface area contributed by atoms with E-state index in [0.717, 1.165) is 0 Å². The molecule has 22 heavy (non-hydrogen) atoms. The minimum atomic E-state index is -0.738. The first-order valence-corrected chi connectivity index (χ1v) is 6.50. The van der Waals surface area contributed by atoms with E-state index in [2.05, 4.69) is 9.97 Å². The number of fused-ring (bicyclic) bond motifs is 2. The van der Waals surface area contributed by atoms with E-state index in [1.165, 1.54) is 23.2 Å². The van der Waals surface area contributed by atoms with Gasteiger partial charge in [0.25, 0.3) is 11.1 Å². The molecule has 0 bridgehead atoms. The summed E-state index contributed by atoms with van der Waals surface area (Å²) in [6.07, 6.45) is 0. The van der Waals surface area contributed by atoms with E-state index in [9.17, 15) is 19.2 Å². The van der Waals surface area contributed by atoms with Gasteiger partial charge < -0.3 is 0 Å². The summed E-state index contributed by atoms with van der Waals surface area (Å²) in [5.74, 6) is -0.910. The summed E-state index contributed by atoms with van der Waals surface area (Å²) in [7, 11) is 2.92. The van der Waals surface area contributed by atoms with Crippen LogP contribution in [0, 0.1) is 13.8 Å². The van der Waals surface area contributed by atoms with Crippen molar-refractivity contribution in [2.45, 2.75) is 13.8 Å². The van der Waals surface area contributed by atoms with E-state index < -0.39 is 22.7 Å². The van der Waals surface area contributed by atoms with Crippen LogP contribution in [0.3, 0.4) is 0 Å². The van der Waals surface area contributed by atoms with E-state index in [-0.39, 0.29) is 34.2 Å². The first-order chi connectivity index (χ1) is 10.3. The van der Waals surface area contributed by atoms with Gasteiger partial charge in [-0.3, -0.25) is 28.3 Å². The lowest BCUT2D eigenvalue weighted by Gasteiger charge is -2.18. The molecule has 0 fully saturated rings. The van der Waals surface area contributed by atoms with E-state index in [1.807, 2.05) is 0 Å². The SMILES string of the molecule is Cc1nc2c(c(=O)n1C)C(=O)c1nc(C)n(C)c(=O)c1C2=O. The Morgan fingerprint density at radius 1 is 0.682 bits per heavy atom. The Morgan fingerprint density at radius 2 is 1.00 bits per heavy atom. The van der Waals surface area contributed by atoms with Gasteiger partial charge in [-0.15, -0.1) is 0 Å². The second-order valence-corrected chi connectivity index (χ2v) is 5.15. The van der Waals surface area contributed by atoms with E-state index in [0.29, 0.717) is 0 Å². The molecule has 8 heteroatoms. The van der Waals surface area contributed by atoms with Gasteiger partial charge in [0, 0.05) is 14.1 Å². The molecule has 0 radical (unpaired) electrons. The molecule has 0 atom stereocenters. The number of carbonyl (C=O) groups is 2. The number of aromatic nitrogens is 4. The van der Waals surface area contributed by atoms with Gasteiger partial charge in [-0.1, -0.05) is 0 Å². The van der Waals surface area contributed by atoms with Crippen LogP contribution in [-0.4, -0.2) is 30.7 Å². The number of ketones is 2. The van der Waals surface area contributed by atoms with E-state index in [1.54, 1.807) is 13.8 Å². The molecule has 0 N–H and O–H groups in total. The average Bonchev–Trinajstić information content (AvgIpc) is 2.47. The summed E-state index contributed by atoms with van der Waals surface area (Å²) in [5, 5.41) is 0. The summed E-state index contributed by atoms with van der Waals surface area (Å²) < 4.78 is 2.37. The predicted molar refractivity (Wildman–Crippen MR) is 75.3 cm³/mol. The van der Waals surface area contributed by atoms with Gasteiger partial charge in [0.2, 0.25) is 11.6 Å². The van der Waals surface area contributed by atoms with E-state index in [4.69, 9.17) is 0 Å². The molecule has 0 amide bonds. The maximum atomic E-state index is 12.5. The molecule has 0 unspecified atom stereocenters. The van der Waals surface area contributed by atoms with Crippen molar-refractivity contribution < 1.29 is 9.59 Å². The summed E-state index contributed by atoms with van der Waals surface area (Å²) in [5.41, 5.74) is -2.45. The van der Waals surface area contributed by atoms with E-state index >= 15 is 0 Å². The largest absolute Gasteiger partial charge is 0.299 e. The third-order valence-corrected chi connectivity index (χ3v) is 3.91. The summed E-state index contributed by atoms with van der Waals surface area (Å²) >= 11 is 0. The van der Waals surface area contributed by atoms with Gasteiger partial charge in [0.1, 0.15) is 34.2 Å². The zero-order valence-electron chi connectivity index (χ0n) is 12.4. The van der Waals surface area contributed by atoms with Gasteiger partial charge in [0.15, 0.2) is 0 Å². The number of hydrogen-bond donors (Lipinski definition) is 0. The first-order valence-electron chi connectivity index (χ1n) is 6.50. The molecule has 2 aromatic heterocycles. The monoisotopic (exact) mass is 300 g/mol. The highest BCUT2D eigenvalue weighted by molar-refractivity contribution is 6.26. The number of aryl methyl sites for hydroxylation is 2. The Hall–Kier alpha value is -2.90. The first kappa shape index (κ1) is 14.1. The predicted octanol–water partition coefficient (Wildman–Crippen LogP) is -0.734. The molecule has 8 nitrogen and oxygen atoms in total. The lowest BCUT2D eigenvalue weighted by Crippen LogP contribution is -2.40.